The molecule has 10 heteroatoms. The molecule has 0 saturated carbocycles. The number of ether oxygens (including phenoxy) is 1. The van der Waals surface area contributed by atoms with Crippen molar-refractivity contribution in [1.29, 1.82) is 0 Å². The van der Waals surface area contributed by atoms with E-state index in [0.717, 1.165) is 23.4 Å². The van der Waals surface area contributed by atoms with E-state index in [9.17, 15) is 24.8 Å². The summed E-state index contributed by atoms with van der Waals surface area (Å²) in [6.45, 7) is 3.96. The largest absolute Gasteiger partial charge is 0.500 e. The first-order valence-electron chi connectivity index (χ1n) is 8.62. The van der Waals surface area contributed by atoms with Gasteiger partial charge in [-0.25, -0.2) is 5.43 Å². The number of nitro groups is 1. The van der Waals surface area contributed by atoms with Crippen molar-refractivity contribution in [1.82, 2.24) is 10.7 Å². The van der Waals surface area contributed by atoms with Crippen LogP contribution in [0.15, 0.2) is 41.5 Å². The van der Waals surface area contributed by atoms with Gasteiger partial charge in [-0.3, -0.25) is 19.7 Å². The third kappa shape index (κ3) is 6.03. The molecule has 0 aliphatic rings. The first kappa shape index (κ1) is 21.4. The molecule has 2 amide bonds. The van der Waals surface area contributed by atoms with Crippen LogP contribution in [0.5, 0.6) is 11.5 Å². The third-order valence-electron chi connectivity index (χ3n) is 3.73. The first-order valence-corrected chi connectivity index (χ1v) is 8.62. The van der Waals surface area contributed by atoms with Crippen LogP contribution in [0, 0.1) is 17.0 Å². The van der Waals surface area contributed by atoms with E-state index in [0.29, 0.717) is 0 Å². The number of rotatable bonds is 7. The van der Waals surface area contributed by atoms with Gasteiger partial charge in [0.15, 0.2) is 5.75 Å². The number of hydrogen-bond acceptors (Lipinski definition) is 7. The summed E-state index contributed by atoms with van der Waals surface area (Å²) in [5.41, 5.74) is 3.57. The minimum absolute atomic E-state index is 0.0923. The van der Waals surface area contributed by atoms with Gasteiger partial charge in [0, 0.05) is 18.2 Å². The zero-order valence-corrected chi connectivity index (χ0v) is 15.8. The van der Waals surface area contributed by atoms with E-state index in [-0.39, 0.29) is 24.5 Å². The standard InChI is InChI=1S/C19H20N4O6/c1-3-29-16-9-14(8-15(17(16)24)23(27)28)11-21-22-19(26)18(25)20-10-13-6-4-12(2)5-7-13/h4-9,11,24H,3,10H2,1-2H3,(H,20,25)(H,22,26)/b21-11+. The molecular formula is C19H20N4O6. The number of phenolic OH excluding ortho intramolecular Hbond substituents is 1. The number of phenols is 1. The van der Waals surface area contributed by atoms with Crippen LogP contribution in [0.4, 0.5) is 5.69 Å². The predicted octanol–water partition coefficient (Wildman–Crippen LogP) is 1.77. The number of aryl methyl sites for hydroxylation is 1. The summed E-state index contributed by atoms with van der Waals surface area (Å²) in [7, 11) is 0. The maximum Gasteiger partial charge on any atom is 0.329 e. The highest BCUT2D eigenvalue weighted by molar-refractivity contribution is 6.35. The van der Waals surface area contributed by atoms with E-state index < -0.39 is 28.2 Å². The van der Waals surface area contributed by atoms with Gasteiger partial charge in [-0.2, -0.15) is 5.10 Å². The second kappa shape index (κ2) is 9.83. The maximum absolute atomic E-state index is 11.8. The Morgan fingerprint density at radius 3 is 2.55 bits per heavy atom. The van der Waals surface area contributed by atoms with E-state index in [1.54, 1.807) is 6.92 Å². The second-order valence-electron chi connectivity index (χ2n) is 5.94. The van der Waals surface area contributed by atoms with E-state index >= 15 is 0 Å². The molecule has 29 heavy (non-hydrogen) atoms. The molecule has 0 aliphatic carbocycles. The lowest BCUT2D eigenvalue weighted by molar-refractivity contribution is -0.386. The van der Waals surface area contributed by atoms with Crippen LogP contribution in [0.1, 0.15) is 23.6 Å². The van der Waals surface area contributed by atoms with Gasteiger partial charge in [0.1, 0.15) is 0 Å². The molecule has 0 aliphatic heterocycles. The van der Waals surface area contributed by atoms with E-state index in [1.807, 2.05) is 36.6 Å². The molecule has 0 heterocycles. The molecule has 0 aromatic heterocycles. The number of amides is 2. The molecule has 2 rings (SSSR count). The lowest BCUT2D eigenvalue weighted by atomic mass is 10.1. The van der Waals surface area contributed by atoms with Gasteiger partial charge in [0.2, 0.25) is 5.75 Å². The molecule has 0 saturated heterocycles. The number of benzene rings is 2. The summed E-state index contributed by atoms with van der Waals surface area (Å²) in [6, 6.07) is 9.82. The molecule has 0 spiro atoms. The first-order chi connectivity index (χ1) is 13.8. The van der Waals surface area contributed by atoms with Crippen LogP contribution in [0.25, 0.3) is 0 Å². The molecule has 152 valence electrons. The SMILES string of the molecule is CCOc1cc(/C=N/NC(=O)C(=O)NCc2ccc(C)cc2)cc([N+](=O)[O-])c1O. The Labute approximate surface area is 166 Å². The molecule has 0 fully saturated rings. The smallest absolute Gasteiger partial charge is 0.329 e. The third-order valence-corrected chi connectivity index (χ3v) is 3.73. The van der Waals surface area contributed by atoms with Crippen LogP contribution in [-0.2, 0) is 16.1 Å². The summed E-state index contributed by atoms with van der Waals surface area (Å²) >= 11 is 0. The van der Waals surface area contributed by atoms with Crippen molar-refractivity contribution >= 4 is 23.7 Å². The molecule has 0 unspecified atom stereocenters. The Hall–Kier alpha value is -3.95. The Kier molecular flexibility index (Phi) is 7.24. The van der Waals surface area contributed by atoms with Crippen molar-refractivity contribution in [3.8, 4) is 11.5 Å². The molecule has 3 N–H and O–H groups in total. The number of hydrazone groups is 1. The van der Waals surface area contributed by atoms with Gasteiger partial charge in [-0.05, 0) is 25.5 Å². The highest BCUT2D eigenvalue weighted by Crippen LogP contribution is 2.36. The van der Waals surface area contributed by atoms with Gasteiger partial charge in [0.05, 0.1) is 17.7 Å². The van der Waals surface area contributed by atoms with Crippen molar-refractivity contribution in [2.75, 3.05) is 6.61 Å². The van der Waals surface area contributed by atoms with Crippen LogP contribution >= 0.6 is 0 Å². The van der Waals surface area contributed by atoms with Crippen molar-refractivity contribution in [2.24, 2.45) is 5.10 Å². The number of carbonyl (C=O) groups is 2. The molecule has 2 aromatic carbocycles. The van der Waals surface area contributed by atoms with E-state index in [4.69, 9.17) is 4.74 Å². The van der Waals surface area contributed by atoms with Crippen LogP contribution < -0.4 is 15.5 Å². The average molecular weight is 400 g/mol. The summed E-state index contributed by atoms with van der Waals surface area (Å²) in [6.07, 6.45) is 1.10. The number of nitro benzene ring substituents is 1. The van der Waals surface area contributed by atoms with Gasteiger partial charge in [-0.15, -0.1) is 0 Å². The zero-order valence-electron chi connectivity index (χ0n) is 15.8. The van der Waals surface area contributed by atoms with Crippen LogP contribution in [0.2, 0.25) is 0 Å². The fourth-order valence-electron chi connectivity index (χ4n) is 2.28. The average Bonchev–Trinajstić information content (AvgIpc) is 2.69. The molecule has 10 nitrogen and oxygen atoms in total. The zero-order chi connectivity index (χ0) is 21.4. The highest BCUT2D eigenvalue weighted by Gasteiger charge is 2.20. The van der Waals surface area contributed by atoms with Gasteiger partial charge in [0.25, 0.3) is 0 Å². The number of nitrogens with one attached hydrogen (secondary N) is 2. The summed E-state index contributed by atoms with van der Waals surface area (Å²) < 4.78 is 5.15. The van der Waals surface area contributed by atoms with Crippen LogP contribution in [0.3, 0.4) is 0 Å². The van der Waals surface area contributed by atoms with Crippen molar-refractivity contribution < 1.29 is 24.4 Å². The molecule has 0 bridgehead atoms. The quantitative estimate of drug-likeness (QED) is 0.280. The van der Waals surface area contributed by atoms with Crippen molar-refractivity contribution in [2.45, 2.75) is 20.4 Å². The number of carbonyl (C=O) groups excluding carboxylic acids is 2. The molecule has 0 atom stereocenters. The predicted molar refractivity (Wildman–Crippen MR) is 105 cm³/mol. The lowest BCUT2D eigenvalue weighted by Crippen LogP contribution is -2.37. The number of hydrogen-bond donors (Lipinski definition) is 3. The van der Waals surface area contributed by atoms with Gasteiger partial charge < -0.3 is 15.2 Å². The Morgan fingerprint density at radius 2 is 1.93 bits per heavy atom. The number of nitrogens with zero attached hydrogens (tertiary/aromatic N) is 2. The topological polar surface area (TPSA) is 143 Å². The molecular weight excluding hydrogens is 380 g/mol. The number of aromatic hydroxyl groups is 1. The van der Waals surface area contributed by atoms with Crippen molar-refractivity contribution in [3.63, 3.8) is 0 Å². The Balaban J connectivity index is 1.98. The van der Waals surface area contributed by atoms with E-state index in [1.165, 1.54) is 6.07 Å². The second-order valence-corrected chi connectivity index (χ2v) is 5.94. The minimum atomic E-state index is -0.994. The monoisotopic (exact) mass is 400 g/mol. The van der Waals surface area contributed by atoms with Gasteiger partial charge >= 0.3 is 17.5 Å². The summed E-state index contributed by atoms with van der Waals surface area (Å²) in [4.78, 5) is 33.9. The Bertz CT molecular complexity index is 940. The Morgan fingerprint density at radius 1 is 1.24 bits per heavy atom. The summed E-state index contributed by atoms with van der Waals surface area (Å²) in [5, 5.41) is 26.9. The minimum Gasteiger partial charge on any atom is -0.500 e. The molecule has 2 aromatic rings. The van der Waals surface area contributed by atoms with Gasteiger partial charge in [-0.1, -0.05) is 29.8 Å². The van der Waals surface area contributed by atoms with Crippen molar-refractivity contribution in [3.05, 3.63) is 63.2 Å². The van der Waals surface area contributed by atoms with Crippen LogP contribution in [-0.4, -0.2) is 34.7 Å². The normalized spacial score (nSPS) is 10.6. The fourth-order valence-corrected chi connectivity index (χ4v) is 2.28. The summed E-state index contributed by atoms with van der Waals surface area (Å²) in [5.74, 6) is -2.57. The maximum atomic E-state index is 11.8. The lowest BCUT2D eigenvalue weighted by Gasteiger charge is -2.07. The fraction of sp³-hybridized carbons (Fsp3) is 0.211. The highest BCUT2D eigenvalue weighted by atomic mass is 16.6. The molecule has 0 radical (unpaired) electrons. The van der Waals surface area contributed by atoms with E-state index in [2.05, 4.69) is 10.4 Å².